The average Bonchev–Trinajstić information content (AvgIpc) is 2.91. The first-order chi connectivity index (χ1) is 12.6. The molecule has 1 aliphatic rings. The van der Waals surface area contributed by atoms with E-state index < -0.39 is 17.7 Å². The second kappa shape index (κ2) is 7.76. The van der Waals surface area contributed by atoms with Gasteiger partial charge in [-0.05, 0) is 17.7 Å². The van der Waals surface area contributed by atoms with E-state index >= 15 is 0 Å². The number of rotatable bonds is 7. The van der Waals surface area contributed by atoms with Crippen molar-refractivity contribution in [2.75, 3.05) is 13.2 Å². The Morgan fingerprint density at radius 2 is 1.58 bits per heavy atom. The van der Waals surface area contributed by atoms with E-state index in [4.69, 9.17) is 4.84 Å². The van der Waals surface area contributed by atoms with Crippen LogP contribution in [-0.4, -0.2) is 40.8 Å². The lowest BCUT2D eigenvalue weighted by atomic mass is 10.1. The van der Waals surface area contributed by atoms with Gasteiger partial charge in [-0.3, -0.25) is 24.1 Å². The van der Waals surface area contributed by atoms with E-state index in [0.717, 1.165) is 15.5 Å². The molecule has 0 N–H and O–H groups in total. The summed E-state index contributed by atoms with van der Waals surface area (Å²) in [6.07, 6.45) is 1.52. The number of amides is 3. The smallest absolute Gasteiger partial charge is 0.266 e. The van der Waals surface area contributed by atoms with Crippen LogP contribution in [0.4, 0.5) is 0 Å². The number of hydrogen-bond donors (Lipinski definition) is 0. The first-order valence-corrected chi connectivity index (χ1v) is 8.15. The fraction of sp³-hybridized carbons (Fsp3) is 0.150. The van der Waals surface area contributed by atoms with Crippen molar-refractivity contribution in [2.45, 2.75) is 6.54 Å². The van der Waals surface area contributed by atoms with Crippen LogP contribution in [0.3, 0.4) is 0 Å². The topological polar surface area (TPSA) is 66.9 Å². The maximum Gasteiger partial charge on any atom is 0.266 e. The molecule has 2 aromatic carbocycles. The number of hydroxylamine groups is 2. The molecule has 0 bridgehead atoms. The molecule has 132 valence electrons. The van der Waals surface area contributed by atoms with Gasteiger partial charge < -0.3 is 0 Å². The highest BCUT2D eigenvalue weighted by Crippen LogP contribution is 2.22. The number of hydrogen-bond acceptors (Lipinski definition) is 4. The van der Waals surface area contributed by atoms with Gasteiger partial charge in [0.1, 0.15) is 6.54 Å². The van der Waals surface area contributed by atoms with Crippen molar-refractivity contribution >= 4 is 17.7 Å². The first-order valence-electron chi connectivity index (χ1n) is 8.15. The Morgan fingerprint density at radius 3 is 2.15 bits per heavy atom. The van der Waals surface area contributed by atoms with E-state index in [1.807, 2.05) is 30.3 Å². The third-order valence-electron chi connectivity index (χ3n) is 3.97. The van der Waals surface area contributed by atoms with Crippen LogP contribution < -0.4 is 0 Å². The van der Waals surface area contributed by atoms with Gasteiger partial charge in [0.25, 0.3) is 17.7 Å². The Kier molecular flexibility index (Phi) is 5.24. The Morgan fingerprint density at radius 1 is 1.00 bits per heavy atom. The minimum atomic E-state index is -0.481. The Labute approximate surface area is 151 Å². The van der Waals surface area contributed by atoms with Crippen molar-refractivity contribution in [3.8, 4) is 0 Å². The van der Waals surface area contributed by atoms with Gasteiger partial charge in [-0.15, -0.1) is 6.58 Å². The van der Waals surface area contributed by atoms with Crippen molar-refractivity contribution in [1.82, 2.24) is 9.96 Å². The first kappa shape index (κ1) is 17.6. The molecule has 6 heteroatoms. The van der Waals surface area contributed by atoms with Crippen LogP contribution in [0, 0.1) is 0 Å². The monoisotopic (exact) mass is 350 g/mol. The average molecular weight is 350 g/mol. The minimum Gasteiger partial charge on any atom is -0.270 e. The second-order valence-corrected chi connectivity index (χ2v) is 5.74. The van der Waals surface area contributed by atoms with E-state index in [-0.39, 0.29) is 19.7 Å². The quantitative estimate of drug-likeness (QED) is 0.437. The van der Waals surface area contributed by atoms with Crippen molar-refractivity contribution in [2.24, 2.45) is 0 Å². The molecule has 0 saturated heterocycles. The number of imide groups is 1. The van der Waals surface area contributed by atoms with Gasteiger partial charge in [0.05, 0.1) is 24.3 Å². The van der Waals surface area contributed by atoms with E-state index in [0.29, 0.717) is 11.1 Å². The molecule has 1 heterocycles. The van der Waals surface area contributed by atoms with Gasteiger partial charge in [0.15, 0.2) is 0 Å². The number of fused-ring (bicyclic) bond motifs is 1. The number of carbonyl (C=O) groups excluding carboxylic acids is 3. The summed E-state index contributed by atoms with van der Waals surface area (Å²) in [7, 11) is 0. The standard InChI is InChI=1S/C20H18N2O4/c1-2-12-26-22(13-15-8-4-3-5-9-15)18(23)14-21-19(24)16-10-6-7-11-17(16)20(21)25/h2-11H,1,12-14H2. The Bertz CT molecular complexity index is 813. The predicted molar refractivity (Wildman–Crippen MR) is 95.0 cm³/mol. The number of carbonyl (C=O) groups is 3. The lowest BCUT2D eigenvalue weighted by Gasteiger charge is -2.23. The van der Waals surface area contributed by atoms with Crippen molar-refractivity contribution in [3.05, 3.63) is 83.9 Å². The molecular weight excluding hydrogens is 332 g/mol. The van der Waals surface area contributed by atoms with Crippen LogP contribution in [0.1, 0.15) is 26.3 Å². The summed E-state index contributed by atoms with van der Waals surface area (Å²) >= 11 is 0. The van der Waals surface area contributed by atoms with E-state index in [1.165, 1.54) is 6.08 Å². The Hall–Kier alpha value is -3.25. The number of benzene rings is 2. The van der Waals surface area contributed by atoms with Crippen LogP contribution in [0.2, 0.25) is 0 Å². The minimum absolute atomic E-state index is 0.140. The molecule has 0 unspecified atom stereocenters. The SMILES string of the molecule is C=CCON(Cc1ccccc1)C(=O)CN1C(=O)c2ccccc2C1=O. The summed E-state index contributed by atoms with van der Waals surface area (Å²) in [5.41, 5.74) is 1.49. The molecule has 0 aliphatic carbocycles. The summed E-state index contributed by atoms with van der Waals surface area (Å²) in [4.78, 5) is 43.9. The maximum atomic E-state index is 12.7. The highest BCUT2D eigenvalue weighted by atomic mass is 16.7. The second-order valence-electron chi connectivity index (χ2n) is 5.74. The molecular formula is C20H18N2O4. The van der Waals surface area contributed by atoms with Gasteiger partial charge in [-0.25, -0.2) is 5.06 Å². The molecule has 0 spiro atoms. The van der Waals surface area contributed by atoms with Gasteiger partial charge in [-0.2, -0.15) is 0 Å². The van der Waals surface area contributed by atoms with E-state index in [2.05, 4.69) is 6.58 Å². The van der Waals surface area contributed by atoms with Crippen molar-refractivity contribution in [3.63, 3.8) is 0 Å². The predicted octanol–water partition coefficient (Wildman–Crippen LogP) is 2.43. The molecule has 3 rings (SSSR count). The van der Waals surface area contributed by atoms with Crippen molar-refractivity contribution in [1.29, 1.82) is 0 Å². The lowest BCUT2D eigenvalue weighted by Crippen LogP contribution is -2.42. The molecule has 0 aromatic heterocycles. The Balaban J connectivity index is 1.74. The van der Waals surface area contributed by atoms with Crippen LogP contribution in [0.5, 0.6) is 0 Å². The van der Waals surface area contributed by atoms with Gasteiger partial charge in [-0.1, -0.05) is 48.5 Å². The molecule has 0 atom stereocenters. The molecule has 0 saturated carbocycles. The van der Waals surface area contributed by atoms with E-state index in [9.17, 15) is 14.4 Å². The van der Waals surface area contributed by atoms with Crippen LogP contribution >= 0.6 is 0 Å². The molecule has 6 nitrogen and oxygen atoms in total. The molecule has 1 aliphatic heterocycles. The molecule has 0 radical (unpaired) electrons. The molecule has 3 amide bonds. The normalized spacial score (nSPS) is 12.8. The fourth-order valence-electron chi connectivity index (χ4n) is 2.69. The van der Waals surface area contributed by atoms with Gasteiger partial charge in [0, 0.05) is 0 Å². The number of nitrogens with zero attached hydrogens (tertiary/aromatic N) is 2. The fourth-order valence-corrected chi connectivity index (χ4v) is 2.69. The summed E-state index contributed by atoms with van der Waals surface area (Å²) in [6, 6.07) is 15.8. The summed E-state index contributed by atoms with van der Waals surface area (Å²) < 4.78 is 0. The van der Waals surface area contributed by atoms with Crippen LogP contribution in [0.25, 0.3) is 0 Å². The van der Waals surface area contributed by atoms with Gasteiger partial charge in [0.2, 0.25) is 0 Å². The zero-order valence-corrected chi connectivity index (χ0v) is 14.1. The van der Waals surface area contributed by atoms with Crippen LogP contribution in [0.15, 0.2) is 67.3 Å². The highest BCUT2D eigenvalue weighted by Gasteiger charge is 2.37. The summed E-state index contributed by atoms with van der Waals surface area (Å²) in [5, 5.41) is 1.15. The van der Waals surface area contributed by atoms with Crippen molar-refractivity contribution < 1.29 is 19.2 Å². The third kappa shape index (κ3) is 3.55. The zero-order valence-electron chi connectivity index (χ0n) is 14.1. The van der Waals surface area contributed by atoms with E-state index in [1.54, 1.807) is 24.3 Å². The summed E-state index contributed by atoms with van der Waals surface area (Å²) in [6.45, 7) is 3.54. The molecule has 26 heavy (non-hydrogen) atoms. The van der Waals surface area contributed by atoms with Gasteiger partial charge >= 0.3 is 0 Å². The van der Waals surface area contributed by atoms with Crippen LogP contribution in [-0.2, 0) is 16.2 Å². The summed E-state index contributed by atoms with van der Waals surface area (Å²) in [5.74, 6) is -1.42. The molecule has 0 fully saturated rings. The highest BCUT2D eigenvalue weighted by molar-refractivity contribution is 6.22. The maximum absolute atomic E-state index is 12.7. The lowest BCUT2D eigenvalue weighted by molar-refractivity contribution is -0.185. The zero-order chi connectivity index (χ0) is 18.5. The third-order valence-corrected chi connectivity index (χ3v) is 3.97. The largest absolute Gasteiger partial charge is 0.270 e. The molecule has 2 aromatic rings.